The molecule has 1 aromatic rings. The number of rotatable bonds is 6. The Labute approximate surface area is 104 Å². The number of halogens is 2. The molecule has 0 heterocycles. The van der Waals surface area contributed by atoms with Gasteiger partial charge in [-0.15, -0.1) is 0 Å². The average molecular weight is 259 g/mol. The number of hydrogen-bond donors (Lipinski definition) is 2. The van der Waals surface area contributed by atoms with E-state index in [1.807, 2.05) is 0 Å². The van der Waals surface area contributed by atoms with Crippen LogP contribution in [-0.4, -0.2) is 37.4 Å². The molecule has 0 saturated heterocycles. The van der Waals surface area contributed by atoms with Crippen LogP contribution in [0.5, 0.6) is 0 Å². The number of nitrogens with one attached hydrogen (secondary N) is 1. The van der Waals surface area contributed by atoms with Gasteiger partial charge < -0.3 is 15.2 Å². The Balaban J connectivity index is 2.48. The highest BCUT2D eigenvalue weighted by Gasteiger charge is 2.14. The number of aliphatic hydroxyl groups is 1. The van der Waals surface area contributed by atoms with Gasteiger partial charge in [0.05, 0.1) is 18.3 Å². The lowest BCUT2D eigenvalue weighted by molar-refractivity contribution is 0.0587. The summed E-state index contributed by atoms with van der Waals surface area (Å²) >= 11 is 0. The van der Waals surface area contributed by atoms with Crippen molar-refractivity contribution in [1.82, 2.24) is 5.32 Å². The Hall–Kier alpha value is -1.53. The topological polar surface area (TPSA) is 58.6 Å². The highest BCUT2D eigenvalue weighted by molar-refractivity contribution is 5.94. The molecule has 4 nitrogen and oxygen atoms in total. The first-order valence-electron chi connectivity index (χ1n) is 5.45. The minimum atomic E-state index is -1.17. The van der Waals surface area contributed by atoms with Gasteiger partial charge >= 0.3 is 0 Å². The largest absolute Gasteiger partial charge is 0.391 e. The molecule has 2 N–H and O–H groups in total. The Bertz CT molecular complexity index is 412. The zero-order valence-electron chi connectivity index (χ0n) is 9.95. The molecule has 0 fully saturated rings. The van der Waals surface area contributed by atoms with Crippen LogP contribution >= 0.6 is 0 Å². The van der Waals surface area contributed by atoms with E-state index in [1.54, 1.807) is 0 Å². The van der Waals surface area contributed by atoms with E-state index in [4.69, 9.17) is 4.74 Å². The van der Waals surface area contributed by atoms with Gasteiger partial charge in [-0.3, -0.25) is 4.79 Å². The highest BCUT2D eigenvalue weighted by atomic mass is 19.2. The molecule has 100 valence electrons. The maximum Gasteiger partial charge on any atom is 0.254 e. The van der Waals surface area contributed by atoms with Crippen molar-refractivity contribution in [2.24, 2.45) is 0 Å². The van der Waals surface area contributed by atoms with E-state index in [-0.39, 0.29) is 25.1 Å². The molecule has 0 radical (unpaired) electrons. The number of carbonyl (C=O) groups is 1. The summed E-state index contributed by atoms with van der Waals surface area (Å²) in [5.41, 5.74) is -0.351. The first-order valence-corrected chi connectivity index (χ1v) is 5.45. The third kappa shape index (κ3) is 4.05. The van der Waals surface area contributed by atoms with Crippen molar-refractivity contribution in [3.05, 3.63) is 35.4 Å². The van der Waals surface area contributed by atoms with Crippen LogP contribution in [0.25, 0.3) is 0 Å². The van der Waals surface area contributed by atoms with Gasteiger partial charge in [-0.25, -0.2) is 8.78 Å². The normalized spacial score (nSPS) is 12.2. The molecule has 1 rings (SSSR count). The van der Waals surface area contributed by atoms with Crippen molar-refractivity contribution in [3.8, 4) is 0 Å². The van der Waals surface area contributed by atoms with Gasteiger partial charge in [0, 0.05) is 13.7 Å². The molecule has 18 heavy (non-hydrogen) atoms. The number of aliphatic hydroxyl groups excluding tert-OH is 1. The maximum absolute atomic E-state index is 13.3. The van der Waals surface area contributed by atoms with Crippen LogP contribution in [0.4, 0.5) is 8.78 Å². The number of methoxy groups -OCH3 is 1. The Kier molecular flexibility index (Phi) is 5.67. The summed E-state index contributed by atoms with van der Waals surface area (Å²) in [7, 11) is 1.45. The zero-order chi connectivity index (χ0) is 13.5. The lowest BCUT2D eigenvalue weighted by atomic mass is 10.2. The van der Waals surface area contributed by atoms with E-state index < -0.39 is 23.6 Å². The standard InChI is InChI=1S/C12H15F2NO3/c1-18-7-8(16)5-6-15-12(17)9-3-2-4-10(13)11(9)14/h2-4,8,16H,5-7H2,1H3,(H,15,17). The van der Waals surface area contributed by atoms with Crippen molar-refractivity contribution in [3.63, 3.8) is 0 Å². The molecule has 0 spiro atoms. The van der Waals surface area contributed by atoms with Crippen LogP contribution in [0.15, 0.2) is 18.2 Å². The number of carbonyl (C=O) groups excluding carboxylic acids is 1. The first-order chi connectivity index (χ1) is 8.56. The molecule has 0 bridgehead atoms. The molecule has 1 atom stereocenters. The zero-order valence-corrected chi connectivity index (χ0v) is 9.95. The Morgan fingerprint density at radius 3 is 2.89 bits per heavy atom. The second kappa shape index (κ2) is 7.03. The number of ether oxygens (including phenoxy) is 1. The predicted octanol–water partition coefficient (Wildman–Crippen LogP) is 1.09. The molecule has 1 aromatic carbocycles. The van der Waals surface area contributed by atoms with E-state index in [2.05, 4.69) is 5.32 Å². The van der Waals surface area contributed by atoms with E-state index in [9.17, 15) is 18.7 Å². The van der Waals surface area contributed by atoms with Crippen LogP contribution in [-0.2, 0) is 4.74 Å². The summed E-state index contributed by atoms with van der Waals surface area (Å²) in [5, 5.41) is 11.7. The van der Waals surface area contributed by atoms with Gasteiger partial charge in [0.2, 0.25) is 0 Å². The summed E-state index contributed by atoms with van der Waals surface area (Å²) in [4.78, 5) is 11.5. The smallest absolute Gasteiger partial charge is 0.254 e. The number of hydrogen-bond acceptors (Lipinski definition) is 3. The van der Waals surface area contributed by atoms with Crippen molar-refractivity contribution in [2.75, 3.05) is 20.3 Å². The summed E-state index contributed by atoms with van der Waals surface area (Å²) in [6.07, 6.45) is -0.427. The molecule has 0 aliphatic carbocycles. The molecular formula is C12H15F2NO3. The molecule has 0 aliphatic rings. The predicted molar refractivity (Wildman–Crippen MR) is 61.2 cm³/mol. The first kappa shape index (κ1) is 14.5. The fourth-order valence-electron chi connectivity index (χ4n) is 1.40. The van der Waals surface area contributed by atoms with E-state index >= 15 is 0 Å². The van der Waals surface area contributed by atoms with Crippen molar-refractivity contribution >= 4 is 5.91 Å². The van der Waals surface area contributed by atoms with Gasteiger partial charge in [-0.1, -0.05) is 6.07 Å². The van der Waals surface area contributed by atoms with E-state index in [0.717, 1.165) is 6.07 Å². The van der Waals surface area contributed by atoms with Crippen LogP contribution < -0.4 is 5.32 Å². The monoisotopic (exact) mass is 259 g/mol. The minimum absolute atomic E-state index is 0.152. The van der Waals surface area contributed by atoms with Crippen LogP contribution in [0.3, 0.4) is 0 Å². The number of amides is 1. The fourth-order valence-corrected chi connectivity index (χ4v) is 1.40. The maximum atomic E-state index is 13.3. The van der Waals surface area contributed by atoms with Gasteiger partial charge in [-0.2, -0.15) is 0 Å². The third-order valence-corrected chi connectivity index (χ3v) is 2.32. The SMILES string of the molecule is COCC(O)CCNC(=O)c1cccc(F)c1F. The van der Waals surface area contributed by atoms with Crippen LogP contribution in [0.2, 0.25) is 0 Å². The molecule has 1 unspecified atom stereocenters. The van der Waals surface area contributed by atoms with Gasteiger partial charge in [-0.05, 0) is 18.6 Å². The van der Waals surface area contributed by atoms with Crippen LogP contribution in [0.1, 0.15) is 16.8 Å². The number of benzene rings is 1. The summed E-state index contributed by atoms with van der Waals surface area (Å²) in [6, 6.07) is 3.39. The average Bonchev–Trinajstić information content (AvgIpc) is 2.33. The lowest BCUT2D eigenvalue weighted by Crippen LogP contribution is -2.29. The van der Waals surface area contributed by atoms with Crippen molar-refractivity contribution < 1.29 is 23.4 Å². The Morgan fingerprint density at radius 1 is 1.50 bits per heavy atom. The van der Waals surface area contributed by atoms with Gasteiger partial charge in [0.1, 0.15) is 0 Å². The van der Waals surface area contributed by atoms with Gasteiger partial charge in [0.25, 0.3) is 5.91 Å². The van der Waals surface area contributed by atoms with Crippen molar-refractivity contribution in [1.29, 1.82) is 0 Å². The summed E-state index contributed by atoms with van der Waals surface area (Å²) < 4.78 is 30.8. The molecule has 0 aromatic heterocycles. The molecule has 1 amide bonds. The van der Waals surface area contributed by atoms with Gasteiger partial charge in [0.15, 0.2) is 11.6 Å². The summed E-state index contributed by atoms with van der Waals surface area (Å²) in [5.74, 6) is -2.95. The molecule has 0 saturated carbocycles. The minimum Gasteiger partial charge on any atom is -0.391 e. The summed E-state index contributed by atoms with van der Waals surface area (Å²) in [6.45, 7) is 0.309. The molecule has 0 aliphatic heterocycles. The second-order valence-electron chi connectivity index (χ2n) is 3.76. The lowest BCUT2D eigenvalue weighted by Gasteiger charge is -2.10. The quantitative estimate of drug-likeness (QED) is 0.804. The van der Waals surface area contributed by atoms with Crippen molar-refractivity contribution in [2.45, 2.75) is 12.5 Å². The Morgan fingerprint density at radius 2 is 2.22 bits per heavy atom. The third-order valence-electron chi connectivity index (χ3n) is 2.32. The highest BCUT2D eigenvalue weighted by Crippen LogP contribution is 2.10. The van der Waals surface area contributed by atoms with Crippen LogP contribution in [0, 0.1) is 11.6 Å². The molecule has 6 heteroatoms. The van der Waals surface area contributed by atoms with E-state index in [1.165, 1.54) is 19.2 Å². The molecular weight excluding hydrogens is 244 g/mol. The second-order valence-corrected chi connectivity index (χ2v) is 3.76. The van der Waals surface area contributed by atoms with E-state index in [0.29, 0.717) is 0 Å². The fraction of sp³-hybridized carbons (Fsp3) is 0.417.